The first-order valence-electron chi connectivity index (χ1n) is 9.78. The van der Waals surface area contributed by atoms with Gasteiger partial charge in [0, 0.05) is 0 Å². The first kappa shape index (κ1) is 17.0. The highest BCUT2D eigenvalue weighted by atomic mass is 16.6. The van der Waals surface area contributed by atoms with Crippen molar-refractivity contribution in [2.45, 2.75) is 57.4 Å². The minimum absolute atomic E-state index is 0.109. The van der Waals surface area contributed by atoms with Crippen LogP contribution in [0.2, 0.25) is 0 Å². The van der Waals surface area contributed by atoms with Gasteiger partial charge in [0.15, 0.2) is 12.5 Å². The van der Waals surface area contributed by atoms with Crippen molar-refractivity contribution in [3.05, 3.63) is 12.2 Å². The first-order chi connectivity index (χ1) is 12.2. The normalized spacial score (nSPS) is 40.0. The summed E-state index contributed by atoms with van der Waals surface area (Å²) in [4.78, 5) is 25.6. The molecule has 2 heterocycles. The van der Waals surface area contributed by atoms with Crippen LogP contribution in [-0.4, -0.2) is 37.5 Å². The molecule has 6 atom stereocenters. The van der Waals surface area contributed by atoms with Crippen molar-refractivity contribution in [1.29, 1.82) is 0 Å². The number of allylic oxidation sites excluding steroid dienone is 2. The largest absolute Gasteiger partial charge is 0.446 e. The van der Waals surface area contributed by atoms with Gasteiger partial charge in [-0.25, -0.2) is 0 Å². The van der Waals surface area contributed by atoms with E-state index in [0.29, 0.717) is 0 Å². The summed E-state index contributed by atoms with van der Waals surface area (Å²) < 4.78 is 11.4. The van der Waals surface area contributed by atoms with Gasteiger partial charge in [-0.3, -0.25) is 20.2 Å². The Morgan fingerprint density at radius 1 is 0.760 bits per heavy atom. The molecule has 0 aromatic rings. The van der Waals surface area contributed by atoms with Gasteiger partial charge in [0.1, 0.15) is 0 Å². The zero-order valence-electron chi connectivity index (χ0n) is 14.6. The van der Waals surface area contributed by atoms with Crippen molar-refractivity contribution in [2.75, 3.05) is 13.1 Å². The predicted molar refractivity (Wildman–Crippen MR) is 91.2 cm³/mol. The number of nitrogens with one attached hydrogen (secondary N) is 2. The summed E-state index contributed by atoms with van der Waals surface area (Å²) >= 11 is 0. The van der Waals surface area contributed by atoms with Gasteiger partial charge in [0.2, 0.25) is 0 Å². The molecule has 4 rings (SSSR count). The third-order valence-electron chi connectivity index (χ3n) is 6.05. The van der Waals surface area contributed by atoms with Crippen LogP contribution in [0.15, 0.2) is 12.2 Å². The fourth-order valence-corrected chi connectivity index (χ4v) is 4.74. The van der Waals surface area contributed by atoms with Gasteiger partial charge in [-0.05, 0) is 69.9 Å². The fourth-order valence-electron chi connectivity index (χ4n) is 4.74. The molecule has 2 N–H and O–H groups in total. The van der Waals surface area contributed by atoms with Crippen LogP contribution < -0.4 is 10.6 Å². The molecular weight excluding hydrogens is 320 g/mol. The maximum atomic E-state index is 12.8. The molecule has 0 aromatic heterocycles. The van der Waals surface area contributed by atoms with Gasteiger partial charge in [-0.2, -0.15) is 0 Å². The highest BCUT2D eigenvalue weighted by molar-refractivity contribution is 5.84. The maximum Gasteiger partial charge on any atom is 0.312 e. The fraction of sp³-hybridized carbons (Fsp3) is 0.789. The molecule has 3 fully saturated rings. The summed E-state index contributed by atoms with van der Waals surface area (Å²) in [6.45, 7) is 1.76. The topological polar surface area (TPSA) is 76.7 Å². The molecule has 0 spiro atoms. The first-order valence-corrected chi connectivity index (χ1v) is 9.78. The number of esters is 2. The predicted octanol–water partition coefficient (Wildman–Crippen LogP) is 1.71. The van der Waals surface area contributed by atoms with Gasteiger partial charge in [-0.15, -0.1) is 0 Å². The van der Waals surface area contributed by atoms with E-state index in [4.69, 9.17) is 9.47 Å². The molecular formula is C19H28N2O4. The molecule has 2 aliphatic heterocycles. The van der Waals surface area contributed by atoms with Gasteiger partial charge >= 0.3 is 11.9 Å². The Balaban J connectivity index is 1.41. The van der Waals surface area contributed by atoms with Crippen LogP contribution in [0.3, 0.4) is 0 Å². The Hall–Kier alpha value is -1.40. The quantitative estimate of drug-likeness (QED) is 0.595. The molecule has 25 heavy (non-hydrogen) atoms. The minimum atomic E-state index is -0.394. The molecule has 138 valence electrons. The number of carbonyl (C=O) groups excluding carboxylic acids is 2. The van der Waals surface area contributed by atoms with Crippen molar-refractivity contribution in [1.82, 2.24) is 10.6 Å². The molecule has 2 saturated heterocycles. The van der Waals surface area contributed by atoms with Crippen molar-refractivity contribution >= 4 is 11.9 Å². The van der Waals surface area contributed by atoms with Crippen LogP contribution in [0, 0.1) is 23.7 Å². The standard InChI is InChI=1S/C19H28N2O4/c22-18(24-14-5-1-3-9-20-14)16-12-7-8-13(11-12)17(16)19(23)25-15-6-2-4-10-21-15/h7-8,12-17,20-21H,1-6,9-11H2. The summed E-state index contributed by atoms with van der Waals surface area (Å²) in [5.41, 5.74) is 0. The lowest BCUT2D eigenvalue weighted by atomic mass is 9.83. The number of piperidine rings is 2. The second-order valence-electron chi connectivity index (χ2n) is 7.75. The zero-order valence-corrected chi connectivity index (χ0v) is 14.6. The van der Waals surface area contributed by atoms with E-state index in [1.54, 1.807) is 0 Å². The van der Waals surface area contributed by atoms with Gasteiger partial charge in [0.25, 0.3) is 0 Å². The molecule has 0 aromatic carbocycles. The highest BCUT2D eigenvalue weighted by Gasteiger charge is 2.53. The smallest absolute Gasteiger partial charge is 0.312 e. The van der Waals surface area contributed by atoms with Crippen LogP contribution in [-0.2, 0) is 19.1 Å². The summed E-state index contributed by atoms with van der Waals surface area (Å²) in [5.74, 6) is -1.05. The number of carbonyl (C=O) groups is 2. The van der Waals surface area contributed by atoms with Gasteiger partial charge < -0.3 is 9.47 Å². The van der Waals surface area contributed by atoms with Gasteiger partial charge in [0.05, 0.1) is 11.8 Å². The average Bonchev–Trinajstić information content (AvgIpc) is 3.24. The summed E-state index contributed by atoms with van der Waals surface area (Å²) in [6, 6.07) is 0. The molecule has 1 saturated carbocycles. The summed E-state index contributed by atoms with van der Waals surface area (Å²) in [5, 5.41) is 6.48. The average molecular weight is 348 g/mol. The molecule has 6 heteroatoms. The third-order valence-corrected chi connectivity index (χ3v) is 6.05. The van der Waals surface area contributed by atoms with Crippen LogP contribution in [0.25, 0.3) is 0 Å². The van der Waals surface area contributed by atoms with E-state index in [1.807, 2.05) is 0 Å². The molecule has 0 amide bonds. The van der Waals surface area contributed by atoms with E-state index in [-0.39, 0.29) is 36.2 Å². The van der Waals surface area contributed by atoms with E-state index < -0.39 is 11.8 Å². The number of hydrogen-bond acceptors (Lipinski definition) is 6. The Morgan fingerprint density at radius 3 is 1.64 bits per heavy atom. The van der Waals surface area contributed by atoms with Crippen LogP contribution in [0.1, 0.15) is 44.9 Å². The van der Waals surface area contributed by atoms with Gasteiger partial charge in [-0.1, -0.05) is 12.2 Å². The lowest BCUT2D eigenvalue weighted by Crippen LogP contribution is -2.44. The Kier molecular flexibility index (Phi) is 5.08. The van der Waals surface area contributed by atoms with Crippen LogP contribution >= 0.6 is 0 Å². The SMILES string of the molecule is O=C(OC1CCCCN1)C1C2C=CC(C2)C1C(=O)OC1CCCCN1. The number of hydrogen-bond donors (Lipinski definition) is 2. The summed E-state index contributed by atoms with van der Waals surface area (Å²) in [6.07, 6.45) is 10.7. The number of rotatable bonds is 4. The Bertz CT molecular complexity index is 492. The molecule has 6 nitrogen and oxygen atoms in total. The van der Waals surface area contributed by atoms with E-state index in [0.717, 1.165) is 58.0 Å². The highest BCUT2D eigenvalue weighted by Crippen LogP contribution is 2.49. The van der Waals surface area contributed by atoms with Crippen LogP contribution in [0.5, 0.6) is 0 Å². The molecule has 4 aliphatic rings. The van der Waals surface area contributed by atoms with Crippen LogP contribution in [0.4, 0.5) is 0 Å². The molecule has 2 aliphatic carbocycles. The summed E-state index contributed by atoms with van der Waals surface area (Å²) in [7, 11) is 0. The van der Waals surface area contributed by atoms with Crippen molar-refractivity contribution < 1.29 is 19.1 Å². The lowest BCUT2D eigenvalue weighted by molar-refractivity contribution is -0.170. The van der Waals surface area contributed by atoms with E-state index in [9.17, 15) is 9.59 Å². The maximum absolute atomic E-state index is 12.8. The van der Waals surface area contributed by atoms with Crippen molar-refractivity contribution in [3.63, 3.8) is 0 Å². The molecule has 6 unspecified atom stereocenters. The van der Waals surface area contributed by atoms with Crippen molar-refractivity contribution in [3.8, 4) is 0 Å². The third kappa shape index (κ3) is 3.60. The second-order valence-corrected chi connectivity index (χ2v) is 7.75. The van der Waals surface area contributed by atoms with E-state index >= 15 is 0 Å². The Morgan fingerprint density at radius 2 is 1.24 bits per heavy atom. The minimum Gasteiger partial charge on any atom is -0.446 e. The Labute approximate surface area is 148 Å². The van der Waals surface area contributed by atoms with E-state index in [1.165, 1.54) is 0 Å². The van der Waals surface area contributed by atoms with Crippen molar-refractivity contribution in [2.24, 2.45) is 23.7 Å². The number of fused-ring (bicyclic) bond motifs is 2. The second kappa shape index (κ2) is 7.46. The lowest BCUT2D eigenvalue weighted by Gasteiger charge is -2.31. The zero-order chi connectivity index (χ0) is 17.2. The molecule has 2 bridgehead atoms. The monoisotopic (exact) mass is 348 g/mol. The number of ether oxygens (including phenoxy) is 2. The van der Waals surface area contributed by atoms with E-state index in [2.05, 4.69) is 22.8 Å². The molecule has 0 radical (unpaired) electrons.